The second kappa shape index (κ2) is 10.4. The van der Waals surface area contributed by atoms with Gasteiger partial charge in [0.1, 0.15) is 0 Å². The van der Waals surface area contributed by atoms with Crippen molar-refractivity contribution in [1.29, 1.82) is 0 Å². The Morgan fingerprint density at radius 2 is 0.909 bits per heavy atom. The van der Waals surface area contributed by atoms with Crippen LogP contribution in [0.25, 0.3) is 0 Å². The quantitative estimate of drug-likeness (QED) is 0.274. The zero-order valence-corrected chi connectivity index (χ0v) is 24.7. The molecule has 3 aromatic carbocycles. The third-order valence-electron chi connectivity index (χ3n) is 6.06. The molecule has 3 aromatic rings. The minimum absolute atomic E-state index is 0.743. The first-order chi connectivity index (χ1) is 15.4. The summed E-state index contributed by atoms with van der Waals surface area (Å²) in [6, 6.07) is 26.5. The van der Waals surface area contributed by atoms with Crippen LogP contribution in [0.2, 0.25) is 0 Å². The van der Waals surface area contributed by atoms with Crippen LogP contribution in [-0.2, 0) is 0 Å². The summed E-state index contributed by atoms with van der Waals surface area (Å²) in [6.07, 6.45) is 11.8. The molecule has 1 nitrogen and oxygen atoms in total. The molecule has 182 valence electrons. The standard InChI is InChI=1S/C27H37Cl2NS3/c1-8-32(6,7)26-18-12-23(13-19-26)30(22-10-16-25(17-11-22)31(3,4)5)24-14-20-27(21-15-24)33(28,29)9-2/h10-21H,8-9H2,1-7H3. The van der Waals surface area contributed by atoms with Crippen LogP contribution < -0.4 is 4.90 Å². The Morgan fingerprint density at radius 3 is 1.24 bits per heavy atom. The molecule has 0 spiro atoms. The van der Waals surface area contributed by atoms with Crippen LogP contribution in [0.15, 0.2) is 87.5 Å². The number of rotatable bonds is 8. The van der Waals surface area contributed by atoms with Crippen molar-refractivity contribution < 1.29 is 0 Å². The van der Waals surface area contributed by atoms with Gasteiger partial charge in [0.05, 0.1) is 0 Å². The summed E-state index contributed by atoms with van der Waals surface area (Å²) in [5, 5.41) is 0. The minimum Gasteiger partial charge on any atom is -0.311 e. The van der Waals surface area contributed by atoms with Gasteiger partial charge in [-0.1, -0.05) is 22.3 Å². The van der Waals surface area contributed by atoms with Crippen molar-refractivity contribution in [3.8, 4) is 0 Å². The van der Waals surface area contributed by atoms with Gasteiger partial charge in [0, 0.05) is 27.7 Å². The molecule has 0 bridgehead atoms. The molecule has 3 rings (SSSR count). The van der Waals surface area contributed by atoms with Crippen molar-refractivity contribution in [2.45, 2.75) is 28.5 Å². The van der Waals surface area contributed by atoms with Gasteiger partial charge < -0.3 is 4.90 Å². The third-order valence-corrected chi connectivity index (χ3v) is 14.8. The monoisotopic (exact) mass is 541 g/mol. The fourth-order valence-electron chi connectivity index (χ4n) is 3.54. The van der Waals surface area contributed by atoms with Gasteiger partial charge in [-0.3, -0.25) is 0 Å². The summed E-state index contributed by atoms with van der Waals surface area (Å²) < 4.78 is 0. The first-order valence-electron chi connectivity index (χ1n) is 11.1. The molecule has 0 radical (unpaired) electrons. The zero-order chi connectivity index (χ0) is 24.4. The van der Waals surface area contributed by atoms with Gasteiger partial charge in [-0.05, 0) is 141 Å². The van der Waals surface area contributed by atoms with Crippen molar-refractivity contribution in [2.75, 3.05) is 47.7 Å². The summed E-state index contributed by atoms with van der Waals surface area (Å²) in [6.45, 7) is 4.32. The summed E-state index contributed by atoms with van der Waals surface area (Å²) >= 11 is 0. The molecule has 6 heteroatoms. The smallest absolute Gasteiger partial charge is 0.0462 e. The Morgan fingerprint density at radius 1 is 0.545 bits per heavy atom. The molecule has 0 saturated heterocycles. The van der Waals surface area contributed by atoms with Gasteiger partial charge in [-0.2, -0.15) is 0 Å². The van der Waals surface area contributed by atoms with E-state index in [1.165, 1.54) is 15.5 Å². The molecule has 0 atom stereocenters. The third kappa shape index (κ3) is 6.21. The lowest BCUT2D eigenvalue weighted by Crippen LogP contribution is -2.10. The summed E-state index contributed by atoms with van der Waals surface area (Å²) in [7, 11) is 9.86. The predicted octanol–water partition coefficient (Wildman–Crippen LogP) is 10.1. The first kappa shape index (κ1) is 26.7. The van der Waals surface area contributed by atoms with E-state index in [-0.39, 0.29) is 0 Å². The molecule has 0 unspecified atom stereocenters. The van der Waals surface area contributed by atoms with Crippen LogP contribution in [-0.4, -0.2) is 42.8 Å². The molecular formula is C27H37Cl2NS3. The number of benzene rings is 3. The Labute approximate surface area is 214 Å². The summed E-state index contributed by atoms with van der Waals surface area (Å²) in [5.41, 5.74) is 3.40. The van der Waals surface area contributed by atoms with E-state index in [1.54, 1.807) is 0 Å². The van der Waals surface area contributed by atoms with Crippen LogP contribution in [0.1, 0.15) is 13.8 Å². The van der Waals surface area contributed by atoms with E-state index >= 15 is 0 Å². The van der Waals surface area contributed by atoms with Gasteiger partial charge in [-0.25, -0.2) is 20.1 Å². The van der Waals surface area contributed by atoms with E-state index in [2.05, 4.69) is 116 Å². The van der Waals surface area contributed by atoms with Crippen molar-refractivity contribution in [2.24, 2.45) is 0 Å². The van der Waals surface area contributed by atoms with E-state index in [9.17, 15) is 0 Å². The number of halogens is 2. The maximum atomic E-state index is 6.59. The van der Waals surface area contributed by atoms with Crippen molar-refractivity contribution in [1.82, 2.24) is 0 Å². The van der Waals surface area contributed by atoms with Crippen molar-refractivity contribution >= 4 is 66.9 Å². The Hall–Kier alpha value is -0.910. The molecule has 0 aliphatic heterocycles. The number of nitrogens with zero attached hydrogens (tertiary/aromatic N) is 1. The fourth-order valence-corrected chi connectivity index (χ4v) is 7.19. The van der Waals surface area contributed by atoms with Gasteiger partial charge in [0.2, 0.25) is 0 Å². The minimum atomic E-state index is -1.79. The fraction of sp³-hybridized carbons (Fsp3) is 0.333. The number of anilines is 3. The second-order valence-corrected chi connectivity index (χ2v) is 23.4. The SMILES string of the molecule is CCS(C)(C)c1ccc(N(c2ccc(S(C)(C)C)cc2)c2ccc(S(Cl)(Cl)CC)cc2)cc1. The first-order valence-corrected chi connectivity index (χ1v) is 20.0. The van der Waals surface area contributed by atoms with Gasteiger partial charge in [-0.15, -0.1) is 0 Å². The normalized spacial score (nSPS) is 14.1. The maximum Gasteiger partial charge on any atom is 0.0462 e. The highest BCUT2D eigenvalue weighted by atomic mass is 36.0. The molecule has 0 fully saturated rings. The highest BCUT2D eigenvalue weighted by molar-refractivity contribution is 8.65. The molecule has 0 aromatic heterocycles. The van der Waals surface area contributed by atoms with E-state index < -0.39 is 28.5 Å². The second-order valence-electron chi connectivity index (χ2n) is 9.34. The van der Waals surface area contributed by atoms with Gasteiger partial charge >= 0.3 is 0 Å². The summed E-state index contributed by atoms with van der Waals surface area (Å²) in [4.78, 5) is 6.17. The highest BCUT2D eigenvalue weighted by Gasteiger charge is 2.20. The lowest BCUT2D eigenvalue weighted by molar-refractivity contribution is 1.24. The average Bonchev–Trinajstić information content (AvgIpc) is 2.80. The highest BCUT2D eigenvalue weighted by Crippen LogP contribution is 2.64. The van der Waals surface area contributed by atoms with E-state index in [4.69, 9.17) is 21.4 Å². The molecule has 0 amide bonds. The average molecular weight is 543 g/mol. The van der Waals surface area contributed by atoms with Crippen LogP contribution >= 0.6 is 49.9 Å². The van der Waals surface area contributed by atoms with Crippen LogP contribution in [0.4, 0.5) is 17.1 Å². The largest absolute Gasteiger partial charge is 0.311 e. The van der Waals surface area contributed by atoms with Gasteiger partial charge in [0.15, 0.2) is 0 Å². The van der Waals surface area contributed by atoms with Crippen molar-refractivity contribution in [3.63, 3.8) is 0 Å². The van der Waals surface area contributed by atoms with Crippen LogP contribution in [0.3, 0.4) is 0 Å². The molecule has 0 N–H and O–H groups in total. The molecule has 0 heterocycles. The lowest BCUT2D eigenvalue weighted by Gasteiger charge is -2.32. The number of hydrogen-bond donors (Lipinski definition) is 0. The molecular weight excluding hydrogens is 505 g/mol. The van der Waals surface area contributed by atoms with Crippen LogP contribution in [0.5, 0.6) is 0 Å². The Bertz CT molecular complexity index is 995. The molecule has 0 aliphatic rings. The molecule has 33 heavy (non-hydrogen) atoms. The van der Waals surface area contributed by atoms with Crippen molar-refractivity contribution in [3.05, 3.63) is 72.8 Å². The predicted molar refractivity (Wildman–Crippen MR) is 161 cm³/mol. The van der Waals surface area contributed by atoms with Gasteiger partial charge in [0.25, 0.3) is 0 Å². The Kier molecular flexibility index (Phi) is 8.39. The molecule has 0 aliphatic carbocycles. The maximum absolute atomic E-state index is 6.59. The Balaban J connectivity index is 2.07. The number of hydrogen-bond acceptors (Lipinski definition) is 1. The van der Waals surface area contributed by atoms with E-state index in [0.29, 0.717) is 0 Å². The topological polar surface area (TPSA) is 3.24 Å². The van der Waals surface area contributed by atoms with E-state index in [1.807, 2.05) is 6.92 Å². The lowest BCUT2D eigenvalue weighted by atomic mass is 10.2. The molecule has 0 saturated carbocycles. The van der Waals surface area contributed by atoms with Crippen LogP contribution in [0, 0.1) is 0 Å². The van der Waals surface area contributed by atoms with E-state index in [0.717, 1.165) is 27.7 Å². The summed E-state index contributed by atoms with van der Waals surface area (Å²) in [5.74, 6) is 1.93. The zero-order valence-electron chi connectivity index (χ0n) is 20.8.